The number of hydrogen-bond donors (Lipinski definition) is 3. The number of unbranched alkanes of at least 4 members (excludes halogenated alkanes) is 8. The van der Waals surface area contributed by atoms with Crippen molar-refractivity contribution in [2.45, 2.75) is 154 Å². The second-order valence-electron chi connectivity index (χ2n) is 16.0. The van der Waals surface area contributed by atoms with Crippen LogP contribution in [0.25, 0.3) is 0 Å². The van der Waals surface area contributed by atoms with E-state index in [0.29, 0.717) is 17.4 Å². The van der Waals surface area contributed by atoms with Crippen molar-refractivity contribution in [2.24, 2.45) is 0 Å². The first-order valence-corrected chi connectivity index (χ1v) is 24.4. The summed E-state index contributed by atoms with van der Waals surface area (Å²) < 4.78 is 23.4. The number of aliphatic hydroxyl groups excluding tert-OH is 1. The number of nitrogens with zero attached hydrogens (tertiary/aromatic N) is 1. The van der Waals surface area contributed by atoms with Crippen LogP contribution >= 0.6 is 7.82 Å². The molecule has 0 aliphatic rings. The van der Waals surface area contributed by atoms with E-state index in [-0.39, 0.29) is 19.1 Å². The average Bonchev–Trinajstić information content (AvgIpc) is 3.20. The highest BCUT2D eigenvalue weighted by molar-refractivity contribution is 7.47. The molecule has 0 saturated carbocycles. The van der Waals surface area contributed by atoms with Gasteiger partial charge in [0.05, 0.1) is 39.9 Å². The maximum atomic E-state index is 12.8. The van der Waals surface area contributed by atoms with Gasteiger partial charge < -0.3 is 19.8 Å². The lowest BCUT2D eigenvalue weighted by molar-refractivity contribution is -0.870. The first kappa shape index (κ1) is 56.9. The van der Waals surface area contributed by atoms with Crippen molar-refractivity contribution in [1.29, 1.82) is 0 Å². The van der Waals surface area contributed by atoms with Crippen molar-refractivity contribution in [3.05, 3.63) is 122 Å². The van der Waals surface area contributed by atoms with E-state index in [2.05, 4.69) is 129 Å². The van der Waals surface area contributed by atoms with Crippen LogP contribution in [0.2, 0.25) is 0 Å². The van der Waals surface area contributed by atoms with Crippen molar-refractivity contribution in [1.82, 2.24) is 5.32 Å². The third-order valence-corrected chi connectivity index (χ3v) is 10.1. The minimum Gasteiger partial charge on any atom is -0.387 e. The summed E-state index contributed by atoms with van der Waals surface area (Å²) in [5.41, 5.74) is 0. The van der Waals surface area contributed by atoms with Gasteiger partial charge in [-0.2, -0.15) is 0 Å². The highest BCUT2D eigenvalue weighted by atomic mass is 31.2. The largest absolute Gasteiger partial charge is 0.472 e. The van der Waals surface area contributed by atoms with Gasteiger partial charge in [0.1, 0.15) is 13.2 Å². The molecule has 0 fully saturated rings. The molecule has 1 amide bonds. The lowest BCUT2D eigenvalue weighted by Gasteiger charge is -2.25. The van der Waals surface area contributed by atoms with Crippen LogP contribution in [0, 0.1) is 0 Å². The lowest BCUT2D eigenvalue weighted by atomic mass is 10.1. The molecule has 0 aromatic carbocycles. The SMILES string of the molecule is CC/C=C\C/C=C\C/C=C\C/C=C\C/C=C\C/C=C\C/C=C\C/C=C\CCCCCCC(=O)NC(COP(=O)(O)OCC[N+](C)(C)C)C(O)/C=C/CC/C=C/CCCCC. The Morgan fingerprint density at radius 1 is 0.583 bits per heavy atom. The van der Waals surface area contributed by atoms with Gasteiger partial charge >= 0.3 is 7.82 Å². The van der Waals surface area contributed by atoms with Crippen LogP contribution in [0.4, 0.5) is 0 Å². The molecule has 60 heavy (non-hydrogen) atoms. The maximum Gasteiger partial charge on any atom is 0.472 e. The zero-order valence-electron chi connectivity index (χ0n) is 38.4. The third kappa shape index (κ3) is 43.0. The number of hydrogen-bond acceptors (Lipinski definition) is 5. The van der Waals surface area contributed by atoms with Crippen LogP contribution in [0.1, 0.15) is 142 Å². The molecule has 0 saturated heterocycles. The Morgan fingerprint density at radius 3 is 1.52 bits per heavy atom. The fourth-order valence-corrected chi connectivity index (χ4v) is 6.28. The molecular weight excluding hydrogens is 768 g/mol. The molecule has 340 valence electrons. The Labute approximate surface area is 367 Å². The van der Waals surface area contributed by atoms with Gasteiger partial charge in [0.25, 0.3) is 0 Å². The predicted molar refractivity (Wildman–Crippen MR) is 258 cm³/mol. The second-order valence-corrected chi connectivity index (χ2v) is 17.5. The molecule has 3 atom stereocenters. The fraction of sp³-hybridized carbons (Fsp3) is 0.588. The summed E-state index contributed by atoms with van der Waals surface area (Å²) in [6.07, 6.45) is 61.5. The summed E-state index contributed by atoms with van der Waals surface area (Å²) in [7, 11) is 1.51. The summed E-state index contributed by atoms with van der Waals surface area (Å²) in [6, 6.07) is -0.884. The number of allylic oxidation sites excluding steroid dienone is 19. The standard InChI is InChI=1S/C51H85N2O6P/c1-6-8-10-12-14-16-17-18-19-20-21-22-23-24-25-26-27-28-29-30-31-32-33-34-35-37-39-41-43-45-51(55)52-49(48-59-60(56,57)58-47-46-53(3,4)5)50(54)44-42-40-38-36-15-13-11-9-7-2/h8,10,14-16,18-19,21-22,24-25,27-28,30-31,33-34,36,42,44,49-50,54H,6-7,9,11-13,17,20,23,26,29,32,35,37-41,43,45-48H2,1-5H3,(H-,52,55,56,57)/p+1/b10-8-,16-14-,19-18-,22-21-,25-24-,28-27-,31-30-,34-33-,36-15+,44-42+. The van der Waals surface area contributed by atoms with Gasteiger partial charge in [0, 0.05) is 6.42 Å². The predicted octanol–water partition coefficient (Wildman–Crippen LogP) is 13.1. The zero-order chi connectivity index (χ0) is 44.3. The van der Waals surface area contributed by atoms with E-state index in [4.69, 9.17) is 9.05 Å². The summed E-state index contributed by atoms with van der Waals surface area (Å²) in [4.78, 5) is 23.0. The highest BCUT2D eigenvalue weighted by Crippen LogP contribution is 2.43. The molecular formula is C51H86N2O6P+. The van der Waals surface area contributed by atoms with Gasteiger partial charge in [-0.15, -0.1) is 0 Å². The zero-order valence-corrected chi connectivity index (χ0v) is 39.3. The number of aliphatic hydroxyl groups is 1. The molecule has 0 aliphatic heterocycles. The number of nitrogens with one attached hydrogen (secondary N) is 1. The summed E-state index contributed by atoms with van der Waals surface area (Å²) in [5.74, 6) is -0.222. The van der Waals surface area contributed by atoms with Gasteiger partial charge in [0.15, 0.2) is 0 Å². The van der Waals surface area contributed by atoms with Crippen LogP contribution in [-0.4, -0.2) is 73.4 Å². The minimum atomic E-state index is -4.36. The molecule has 3 unspecified atom stereocenters. The first-order chi connectivity index (χ1) is 29.0. The van der Waals surface area contributed by atoms with Crippen molar-refractivity contribution in [3.8, 4) is 0 Å². The van der Waals surface area contributed by atoms with Crippen LogP contribution in [0.3, 0.4) is 0 Å². The monoisotopic (exact) mass is 854 g/mol. The number of rotatable bonds is 39. The highest BCUT2D eigenvalue weighted by Gasteiger charge is 2.27. The molecule has 0 spiro atoms. The van der Waals surface area contributed by atoms with Crippen molar-refractivity contribution in [2.75, 3.05) is 40.9 Å². The van der Waals surface area contributed by atoms with Crippen molar-refractivity contribution in [3.63, 3.8) is 0 Å². The van der Waals surface area contributed by atoms with Gasteiger partial charge in [-0.1, -0.05) is 161 Å². The second kappa shape index (κ2) is 41.3. The molecule has 0 bridgehead atoms. The summed E-state index contributed by atoms with van der Waals surface area (Å²) >= 11 is 0. The van der Waals surface area contributed by atoms with Crippen LogP contribution in [0.5, 0.6) is 0 Å². The quantitative estimate of drug-likeness (QED) is 0.0246. The van der Waals surface area contributed by atoms with Gasteiger partial charge in [0.2, 0.25) is 5.91 Å². The third-order valence-electron chi connectivity index (χ3n) is 9.17. The Hall–Kier alpha value is -3.10. The van der Waals surface area contributed by atoms with Gasteiger partial charge in [-0.05, 0) is 96.3 Å². The topological polar surface area (TPSA) is 105 Å². The van der Waals surface area contributed by atoms with E-state index in [1.165, 1.54) is 19.3 Å². The van der Waals surface area contributed by atoms with E-state index >= 15 is 0 Å². The fourth-order valence-electron chi connectivity index (χ4n) is 5.54. The Balaban J connectivity index is 4.33. The van der Waals surface area contributed by atoms with Crippen LogP contribution in [0.15, 0.2) is 122 Å². The van der Waals surface area contributed by atoms with Crippen LogP contribution < -0.4 is 5.32 Å². The van der Waals surface area contributed by atoms with Crippen LogP contribution in [-0.2, 0) is 18.4 Å². The molecule has 0 aromatic heterocycles. The maximum absolute atomic E-state index is 12.8. The molecule has 0 aliphatic carbocycles. The number of likely N-dealkylation sites (N-methyl/N-ethyl adjacent to an activating group) is 1. The molecule has 8 nitrogen and oxygen atoms in total. The number of phosphoric acid groups is 1. The molecule has 3 N–H and O–H groups in total. The summed E-state index contributed by atoms with van der Waals surface area (Å²) in [6.45, 7) is 4.56. The normalized spacial score (nSPS) is 15.4. The summed E-state index contributed by atoms with van der Waals surface area (Å²) in [5, 5.41) is 13.7. The van der Waals surface area contributed by atoms with E-state index in [0.717, 1.165) is 103 Å². The van der Waals surface area contributed by atoms with E-state index in [1.807, 2.05) is 27.2 Å². The first-order valence-electron chi connectivity index (χ1n) is 22.9. The Morgan fingerprint density at radius 2 is 1.02 bits per heavy atom. The number of amides is 1. The number of quaternary nitrogens is 1. The molecule has 0 radical (unpaired) electrons. The van der Waals surface area contributed by atoms with E-state index in [1.54, 1.807) is 6.08 Å². The number of carbonyl (C=O) groups is 1. The van der Waals surface area contributed by atoms with E-state index in [9.17, 15) is 19.4 Å². The van der Waals surface area contributed by atoms with Crippen molar-refractivity contribution >= 4 is 13.7 Å². The van der Waals surface area contributed by atoms with E-state index < -0.39 is 20.0 Å². The number of carbonyl (C=O) groups excluding carboxylic acids is 1. The average molecular weight is 854 g/mol. The molecule has 0 rings (SSSR count). The Kier molecular flexibility index (Phi) is 39.1. The Bertz CT molecular complexity index is 1380. The molecule has 9 heteroatoms. The molecule has 0 aromatic rings. The van der Waals surface area contributed by atoms with Crippen molar-refractivity contribution < 1.29 is 32.9 Å². The van der Waals surface area contributed by atoms with Gasteiger partial charge in [-0.3, -0.25) is 13.8 Å². The molecule has 0 heterocycles. The van der Waals surface area contributed by atoms with Gasteiger partial charge in [-0.25, -0.2) is 4.57 Å². The number of phosphoric ester groups is 1. The minimum absolute atomic E-state index is 0.0429. The smallest absolute Gasteiger partial charge is 0.387 e. The lowest BCUT2D eigenvalue weighted by Crippen LogP contribution is -2.45.